The number of hydrogen-bond donors (Lipinski definition) is 3. The predicted octanol–water partition coefficient (Wildman–Crippen LogP) is 2.77. The molecule has 1 amide bonds. The van der Waals surface area contributed by atoms with Gasteiger partial charge in [-0.15, -0.1) is 5.10 Å². The number of carbonyl (C=O) groups is 1. The molecule has 0 saturated heterocycles. The second kappa shape index (κ2) is 11.0. The second-order valence-corrected chi connectivity index (χ2v) is 10.7. The number of hydrogen-bond acceptors (Lipinski definition) is 9. The summed E-state index contributed by atoms with van der Waals surface area (Å²) in [5.74, 6) is 0.627. The average molecular weight is 547 g/mol. The van der Waals surface area contributed by atoms with Crippen molar-refractivity contribution in [2.24, 2.45) is 7.05 Å². The van der Waals surface area contributed by atoms with Crippen molar-refractivity contribution in [1.29, 1.82) is 5.26 Å². The summed E-state index contributed by atoms with van der Waals surface area (Å²) >= 11 is 0. The number of carbonyl (C=O) groups excluding carboxylic acids is 1. The molecule has 1 atom stereocenters. The van der Waals surface area contributed by atoms with E-state index in [2.05, 4.69) is 42.3 Å². The fourth-order valence-electron chi connectivity index (χ4n) is 4.98. The Labute approximate surface area is 230 Å². The maximum absolute atomic E-state index is 14.4. The van der Waals surface area contributed by atoms with Crippen molar-refractivity contribution in [1.82, 2.24) is 40.1 Å². The summed E-state index contributed by atoms with van der Waals surface area (Å²) in [7, 11) is 1.84. The molecule has 0 aliphatic heterocycles. The van der Waals surface area contributed by atoms with Crippen LogP contribution in [0.3, 0.4) is 0 Å². The average Bonchev–Trinajstić information content (AvgIpc) is 3.57. The molecule has 4 aromatic rings. The van der Waals surface area contributed by atoms with E-state index in [4.69, 9.17) is 0 Å². The van der Waals surface area contributed by atoms with Gasteiger partial charge >= 0.3 is 0 Å². The number of nitriles is 1. The topological polar surface area (TPSA) is 159 Å². The van der Waals surface area contributed by atoms with Crippen LogP contribution < -0.4 is 10.6 Å². The molecule has 13 heteroatoms. The molecule has 0 spiro atoms. The highest BCUT2D eigenvalue weighted by molar-refractivity contribution is 6.00. The number of nitrogens with zero attached hydrogens (tertiary/aromatic N) is 8. The Balaban J connectivity index is 1.41. The van der Waals surface area contributed by atoms with Crippen molar-refractivity contribution in [3.05, 3.63) is 53.6 Å². The Morgan fingerprint density at radius 1 is 1.25 bits per heavy atom. The molecule has 3 N–H and O–H groups in total. The molecule has 1 aliphatic carbocycles. The molecule has 0 radical (unpaired) electrons. The quantitative estimate of drug-likeness (QED) is 0.302. The van der Waals surface area contributed by atoms with Crippen molar-refractivity contribution in [2.75, 3.05) is 11.9 Å². The van der Waals surface area contributed by atoms with Gasteiger partial charge in [-0.05, 0) is 74.2 Å². The summed E-state index contributed by atoms with van der Waals surface area (Å²) in [5.41, 5.74) is 1.71. The zero-order chi connectivity index (χ0) is 28.4. The first-order valence-electron chi connectivity index (χ1n) is 13.2. The van der Waals surface area contributed by atoms with Gasteiger partial charge in [0.25, 0.3) is 5.91 Å². The van der Waals surface area contributed by atoms with Gasteiger partial charge in [-0.3, -0.25) is 9.78 Å². The van der Waals surface area contributed by atoms with Gasteiger partial charge in [0.05, 0.1) is 52.1 Å². The van der Waals surface area contributed by atoms with Gasteiger partial charge < -0.3 is 15.7 Å². The van der Waals surface area contributed by atoms with Crippen LogP contribution in [0.15, 0.2) is 36.7 Å². The smallest absolute Gasteiger partial charge is 0.255 e. The Bertz CT molecular complexity index is 1560. The number of aliphatic hydroxyl groups is 1. The Kier molecular flexibility index (Phi) is 7.44. The summed E-state index contributed by atoms with van der Waals surface area (Å²) in [4.78, 5) is 17.7. The minimum atomic E-state index is -1.64. The van der Waals surface area contributed by atoms with Crippen molar-refractivity contribution < 1.29 is 14.3 Å². The molecule has 5 rings (SSSR count). The number of anilines is 1. The lowest BCUT2D eigenvalue weighted by atomic mass is 9.85. The molecule has 1 saturated carbocycles. The molecule has 208 valence electrons. The van der Waals surface area contributed by atoms with Gasteiger partial charge in [0, 0.05) is 25.2 Å². The number of tetrazole rings is 1. The van der Waals surface area contributed by atoms with Crippen molar-refractivity contribution >= 4 is 17.1 Å². The molecular formula is C27H31FN10O2. The number of alkyl halides is 1. The first kappa shape index (κ1) is 27.1. The number of pyridine rings is 1. The molecular weight excluding hydrogens is 515 g/mol. The number of aryl methyl sites for hydroxylation is 1. The van der Waals surface area contributed by atoms with Gasteiger partial charge in [-0.25, -0.2) is 13.6 Å². The van der Waals surface area contributed by atoms with E-state index >= 15 is 0 Å². The van der Waals surface area contributed by atoms with Crippen molar-refractivity contribution in [3.63, 3.8) is 0 Å². The number of aromatic nitrogens is 7. The largest absolute Gasteiger partial charge is 0.387 e. The maximum Gasteiger partial charge on any atom is 0.255 e. The third kappa shape index (κ3) is 5.62. The minimum Gasteiger partial charge on any atom is -0.387 e. The summed E-state index contributed by atoms with van der Waals surface area (Å²) in [5, 5.41) is 41.5. The van der Waals surface area contributed by atoms with E-state index in [1.165, 1.54) is 26.2 Å². The number of rotatable bonds is 8. The monoisotopic (exact) mass is 546 g/mol. The molecule has 40 heavy (non-hydrogen) atoms. The van der Waals surface area contributed by atoms with E-state index in [1.807, 2.05) is 19.2 Å². The molecule has 4 aromatic heterocycles. The standard InChI is InChI=1S/C27H31FN10O2/c1-27(2,40)24(28)15-31-26(39)20-14-30-22(23-9-8-19-10-16(12-29)13-32-38(19)23)11-21(20)33-18-6-4-17(5-7-18)25-34-35-36-37(25)3/h8-11,13-14,17-18,24,40H,4-7,15H2,1-3H3,(H,30,33)(H,31,39)/t17-,18-,24-/m1/s1. The maximum atomic E-state index is 14.4. The Morgan fingerprint density at radius 3 is 2.70 bits per heavy atom. The zero-order valence-corrected chi connectivity index (χ0v) is 22.5. The molecule has 1 aliphatic rings. The second-order valence-electron chi connectivity index (χ2n) is 10.7. The highest BCUT2D eigenvalue weighted by Crippen LogP contribution is 2.34. The molecule has 0 unspecified atom stereocenters. The Hall–Kier alpha value is -4.44. The SMILES string of the molecule is Cn1nnnc1[C@H]1CC[C@H](Nc2cc(-c3ccc4cc(C#N)cnn34)ncc2C(=O)NC[C@@H](F)C(C)(C)O)CC1. The molecule has 12 nitrogen and oxygen atoms in total. The lowest BCUT2D eigenvalue weighted by Crippen LogP contribution is -2.42. The number of amides is 1. The van der Waals surface area contributed by atoms with Gasteiger partial charge in [0.2, 0.25) is 0 Å². The molecule has 0 aromatic carbocycles. The summed E-state index contributed by atoms with van der Waals surface area (Å²) in [6.45, 7) is 2.38. The summed E-state index contributed by atoms with van der Waals surface area (Å²) in [6, 6.07) is 9.40. The third-order valence-corrected chi connectivity index (χ3v) is 7.35. The summed E-state index contributed by atoms with van der Waals surface area (Å²) in [6.07, 6.45) is 4.76. The zero-order valence-electron chi connectivity index (χ0n) is 22.5. The first-order chi connectivity index (χ1) is 19.1. The molecule has 0 bridgehead atoms. The lowest BCUT2D eigenvalue weighted by molar-refractivity contribution is -0.00177. The molecule has 1 fully saturated rings. The predicted molar refractivity (Wildman–Crippen MR) is 144 cm³/mol. The Morgan fingerprint density at radius 2 is 2.02 bits per heavy atom. The van der Waals surface area contributed by atoms with Gasteiger partial charge in [-0.2, -0.15) is 10.4 Å². The van der Waals surface area contributed by atoms with Gasteiger partial charge in [-0.1, -0.05) is 0 Å². The lowest BCUT2D eigenvalue weighted by Gasteiger charge is -2.29. The van der Waals surface area contributed by atoms with Crippen LogP contribution in [0.4, 0.5) is 10.1 Å². The number of fused-ring (bicyclic) bond motifs is 1. The van der Waals surface area contributed by atoms with Gasteiger partial charge in [0.15, 0.2) is 5.82 Å². The van der Waals surface area contributed by atoms with E-state index in [1.54, 1.807) is 21.3 Å². The van der Waals surface area contributed by atoms with Crippen LogP contribution in [0, 0.1) is 11.3 Å². The van der Waals surface area contributed by atoms with E-state index in [0.717, 1.165) is 37.0 Å². The normalized spacial score (nSPS) is 18.3. The van der Waals surface area contributed by atoms with Crippen LogP contribution >= 0.6 is 0 Å². The third-order valence-electron chi connectivity index (χ3n) is 7.35. The summed E-state index contributed by atoms with van der Waals surface area (Å²) < 4.78 is 17.7. The fraction of sp³-hybridized carbons (Fsp3) is 0.444. The van der Waals surface area contributed by atoms with Crippen molar-refractivity contribution in [3.8, 4) is 17.5 Å². The van der Waals surface area contributed by atoms with Crippen LogP contribution in [0.25, 0.3) is 16.9 Å². The van der Waals surface area contributed by atoms with Crippen LogP contribution in [-0.4, -0.2) is 70.2 Å². The minimum absolute atomic E-state index is 0.0879. The fourth-order valence-corrected chi connectivity index (χ4v) is 4.98. The van der Waals surface area contributed by atoms with E-state index in [0.29, 0.717) is 22.6 Å². The highest BCUT2D eigenvalue weighted by atomic mass is 19.1. The van der Waals surface area contributed by atoms with E-state index in [9.17, 15) is 19.6 Å². The van der Waals surface area contributed by atoms with Crippen LogP contribution in [0.1, 0.15) is 67.2 Å². The number of halogens is 1. The highest BCUT2D eigenvalue weighted by Gasteiger charge is 2.29. The van der Waals surface area contributed by atoms with E-state index < -0.39 is 17.7 Å². The molecule has 4 heterocycles. The first-order valence-corrected chi connectivity index (χ1v) is 13.2. The van der Waals surface area contributed by atoms with Crippen LogP contribution in [0.2, 0.25) is 0 Å². The van der Waals surface area contributed by atoms with Crippen LogP contribution in [-0.2, 0) is 7.05 Å². The number of nitrogens with one attached hydrogen (secondary N) is 2. The van der Waals surface area contributed by atoms with Crippen LogP contribution in [0.5, 0.6) is 0 Å². The van der Waals surface area contributed by atoms with Gasteiger partial charge in [0.1, 0.15) is 12.2 Å². The van der Waals surface area contributed by atoms with Crippen molar-refractivity contribution in [2.45, 2.75) is 63.3 Å². The van der Waals surface area contributed by atoms with E-state index in [-0.39, 0.29) is 24.1 Å².